The molecule has 88 valence electrons. The van der Waals surface area contributed by atoms with Crippen molar-refractivity contribution < 1.29 is 4.21 Å². The molecule has 0 aliphatic carbocycles. The zero-order valence-corrected chi connectivity index (χ0v) is 10.2. The van der Waals surface area contributed by atoms with Crippen molar-refractivity contribution in [1.29, 1.82) is 0 Å². The summed E-state index contributed by atoms with van der Waals surface area (Å²) in [5, 5.41) is 3.36. The predicted molar refractivity (Wildman–Crippen MR) is 66.5 cm³/mol. The predicted octanol–water partition coefficient (Wildman–Crippen LogP) is 1.33. The summed E-state index contributed by atoms with van der Waals surface area (Å²) in [5.74, 6) is 2.09. The van der Waals surface area contributed by atoms with Crippen LogP contribution in [0.4, 0.5) is 0 Å². The SMILES string of the molecule is O=[S@](Cc1ccncc1)C[C@@H]1CCCNC1. The first-order chi connectivity index (χ1) is 7.84. The molecule has 3 nitrogen and oxygen atoms in total. The third-order valence-electron chi connectivity index (χ3n) is 2.90. The minimum absolute atomic E-state index is 0.594. The molecule has 1 aromatic rings. The van der Waals surface area contributed by atoms with Gasteiger partial charge in [-0.15, -0.1) is 0 Å². The maximum absolute atomic E-state index is 11.9. The van der Waals surface area contributed by atoms with E-state index in [0.717, 1.165) is 24.4 Å². The van der Waals surface area contributed by atoms with Gasteiger partial charge in [0.15, 0.2) is 0 Å². The average Bonchev–Trinajstić information content (AvgIpc) is 2.31. The molecule has 0 radical (unpaired) electrons. The first-order valence-electron chi connectivity index (χ1n) is 5.79. The van der Waals surface area contributed by atoms with Gasteiger partial charge in [0.1, 0.15) is 0 Å². The van der Waals surface area contributed by atoms with Crippen molar-refractivity contribution in [2.24, 2.45) is 5.92 Å². The second-order valence-corrected chi connectivity index (χ2v) is 5.82. The number of piperidine rings is 1. The van der Waals surface area contributed by atoms with Crippen molar-refractivity contribution in [3.63, 3.8) is 0 Å². The molecule has 1 N–H and O–H groups in total. The highest BCUT2D eigenvalue weighted by Crippen LogP contribution is 2.13. The van der Waals surface area contributed by atoms with Crippen LogP contribution in [0.1, 0.15) is 18.4 Å². The van der Waals surface area contributed by atoms with Crippen LogP contribution in [0, 0.1) is 5.92 Å². The van der Waals surface area contributed by atoms with E-state index in [4.69, 9.17) is 0 Å². The first kappa shape index (κ1) is 11.7. The molecule has 2 heterocycles. The molecule has 0 aromatic carbocycles. The summed E-state index contributed by atoms with van der Waals surface area (Å²) in [6.07, 6.45) is 5.95. The third kappa shape index (κ3) is 3.68. The fourth-order valence-electron chi connectivity index (χ4n) is 2.05. The smallest absolute Gasteiger partial charge is 0.0486 e. The molecule has 1 aromatic heterocycles. The minimum atomic E-state index is -0.736. The molecule has 2 rings (SSSR count). The van der Waals surface area contributed by atoms with Gasteiger partial charge in [-0.3, -0.25) is 9.19 Å². The lowest BCUT2D eigenvalue weighted by atomic mass is 10.0. The highest BCUT2D eigenvalue weighted by Gasteiger charge is 2.15. The van der Waals surface area contributed by atoms with Crippen LogP contribution in [0.25, 0.3) is 0 Å². The van der Waals surface area contributed by atoms with Crippen molar-refractivity contribution in [3.8, 4) is 0 Å². The Kier molecular flexibility index (Phi) is 4.48. The van der Waals surface area contributed by atoms with Crippen molar-refractivity contribution in [3.05, 3.63) is 30.1 Å². The van der Waals surface area contributed by atoms with Gasteiger partial charge >= 0.3 is 0 Å². The first-order valence-corrected chi connectivity index (χ1v) is 7.28. The molecule has 1 saturated heterocycles. The fourth-order valence-corrected chi connectivity index (χ4v) is 3.55. The molecule has 0 spiro atoms. The van der Waals surface area contributed by atoms with Crippen molar-refractivity contribution in [1.82, 2.24) is 10.3 Å². The molecule has 0 bridgehead atoms. The topological polar surface area (TPSA) is 42.0 Å². The van der Waals surface area contributed by atoms with E-state index in [2.05, 4.69) is 10.3 Å². The van der Waals surface area contributed by atoms with Crippen LogP contribution in [-0.4, -0.2) is 28.0 Å². The van der Waals surface area contributed by atoms with Crippen LogP contribution in [0.3, 0.4) is 0 Å². The van der Waals surface area contributed by atoms with Gasteiger partial charge in [-0.2, -0.15) is 0 Å². The normalized spacial score (nSPS) is 22.9. The van der Waals surface area contributed by atoms with Gasteiger partial charge in [-0.25, -0.2) is 0 Å². The van der Waals surface area contributed by atoms with E-state index in [-0.39, 0.29) is 0 Å². The Bertz CT molecular complexity index is 336. The maximum atomic E-state index is 11.9. The van der Waals surface area contributed by atoms with Gasteiger partial charge in [0.05, 0.1) is 0 Å². The van der Waals surface area contributed by atoms with E-state index in [9.17, 15) is 4.21 Å². The lowest BCUT2D eigenvalue weighted by Gasteiger charge is -2.22. The summed E-state index contributed by atoms with van der Waals surface area (Å²) in [5.41, 5.74) is 1.12. The highest BCUT2D eigenvalue weighted by molar-refractivity contribution is 7.84. The molecule has 0 amide bonds. The Balaban J connectivity index is 1.80. The molecule has 1 aliphatic heterocycles. The molecular weight excluding hydrogens is 220 g/mol. The van der Waals surface area contributed by atoms with Crippen molar-refractivity contribution in [2.75, 3.05) is 18.8 Å². The van der Waals surface area contributed by atoms with Crippen LogP contribution in [0.5, 0.6) is 0 Å². The van der Waals surface area contributed by atoms with E-state index in [1.165, 1.54) is 12.8 Å². The quantitative estimate of drug-likeness (QED) is 0.860. The Morgan fingerprint density at radius 3 is 2.94 bits per heavy atom. The van der Waals surface area contributed by atoms with E-state index < -0.39 is 10.8 Å². The number of hydrogen-bond acceptors (Lipinski definition) is 3. The van der Waals surface area contributed by atoms with Crippen LogP contribution < -0.4 is 5.32 Å². The second kappa shape index (κ2) is 6.11. The van der Waals surface area contributed by atoms with Crippen LogP contribution in [-0.2, 0) is 16.6 Å². The molecule has 16 heavy (non-hydrogen) atoms. The number of hydrogen-bond donors (Lipinski definition) is 1. The van der Waals surface area contributed by atoms with E-state index in [1.807, 2.05) is 12.1 Å². The molecule has 1 aliphatic rings. The van der Waals surface area contributed by atoms with Crippen molar-refractivity contribution >= 4 is 10.8 Å². The number of aromatic nitrogens is 1. The summed E-state index contributed by atoms with van der Waals surface area (Å²) in [4.78, 5) is 3.96. The summed E-state index contributed by atoms with van der Waals surface area (Å²) in [6, 6.07) is 3.88. The fraction of sp³-hybridized carbons (Fsp3) is 0.583. The van der Waals surface area contributed by atoms with Gasteiger partial charge in [-0.05, 0) is 49.5 Å². The Labute approximate surface area is 99.1 Å². The Morgan fingerprint density at radius 2 is 2.25 bits per heavy atom. The highest BCUT2D eigenvalue weighted by atomic mass is 32.2. The lowest BCUT2D eigenvalue weighted by Crippen LogP contribution is -2.32. The summed E-state index contributed by atoms with van der Waals surface area (Å²) >= 11 is 0. The monoisotopic (exact) mass is 238 g/mol. The molecule has 0 unspecified atom stereocenters. The van der Waals surface area contributed by atoms with E-state index in [1.54, 1.807) is 12.4 Å². The van der Waals surface area contributed by atoms with E-state index >= 15 is 0 Å². The molecule has 1 fully saturated rings. The Hall–Kier alpha value is -0.740. The van der Waals surface area contributed by atoms with Crippen molar-refractivity contribution in [2.45, 2.75) is 18.6 Å². The largest absolute Gasteiger partial charge is 0.316 e. The number of pyridine rings is 1. The van der Waals surface area contributed by atoms with Gasteiger partial charge in [0.25, 0.3) is 0 Å². The molecular formula is C12H18N2OS. The molecule has 2 atom stereocenters. The zero-order valence-electron chi connectivity index (χ0n) is 9.39. The molecule has 4 heteroatoms. The second-order valence-electron chi connectivity index (χ2n) is 4.32. The summed E-state index contributed by atoms with van der Waals surface area (Å²) < 4.78 is 11.9. The van der Waals surface area contributed by atoms with E-state index in [0.29, 0.717) is 11.7 Å². The van der Waals surface area contributed by atoms with Crippen LogP contribution in [0.2, 0.25) is 0 Å². The summed E-state index contributed by atoms with van der Waals surface area (Å²) in [6.45, 7) is 2.15. The van der Waals surface area contributed by atoms with Gasteiger partial charge < -0.3 is 5.32 Å². The number of nitrogens with one attached hydrogen (secondary N) is 1. The third-order valence-corrected chi connectivity index (χ3v) is 4.40. The van der Waals surface area contributed by atoms with Gasteiger partial charge in [-0.1, -0.05) is 0 Å². The van der Waals surface area contributed by atoms with Gasteiger partial charge in [0, 0.05) is 34.7 Å². The zero-order chi connectivity index (χ0) is 11.2. The van der Waals surface area contributed by atoms with Gasteiger partial charge in [0.2, 0.25) is 0 Å². The number of nitrogens with zero attached hydrogens (tertiary/aromatic N) is 1. The number of rotatable bonds is 4. The van der Waals surface area contributed by atoms with Crippen LogP contribution >= 0.6 is 0 Å². The van der Waals surface area contributed by atoms with Crippen LogP contribution in [0.15, 0.2) is 24.5 Å². The Morgan fingerprint density at radius 1 is 1.44 bits per heavy atom. The molecule has 0 saturated carbocycles. The minimum Gasteiger partial charge on any atom is -0.316 e. The summed E-state index contributed by atoms with van der Waals surface area (Å²) in [7, 11) is -0.736. The maximum Gasteiger partial charge on any atom is 0.0486 e. The lowest BCUT2D eigenvalue weighted by molar-refractivity contribution is 0.408. The average molecular weight is 238 g/mol. The standard InChI is InChI=1S/C12H18N2OS/c15-16(9-11-3-6-13-7-4-11)10-12-2-1-5-14-8-12/h3-4,6-7,12,14H,1-2,5,8-10H2/t12-,16-/m1/s1.